The Kier molecular flexibility index (Phi) is 5.86. The molecule has 1 amide bonds. The fourth-order valence-corrected chi connectivity index (χ4v) is 5.57. The van der Waals surface area contributed by atoms with Crippen molar-refractivity contribution < 1.29 is 36.6 Å². The van der Waals surface area contributed by atoms with Gasteiger partial charge in [0.2, 0.25) is 5.43 Å². The van der Waals surface area contributed by atoms with Crippen molar-refractivity contribution >= 4 is 17.2 Å². The third kappa shape index (κ3) is 4.05. The maximum Gasteiger partial charge on any atom is 0.434 e. The van der Waals surface area contributed by atoms with E-state index in [1.165, 1.54) is 15.7 Å². The maximum atomic E-state index is 14.1. The first-order valence-electron chi connectivity index (χ1n) is 10.9. The van der Waals surface area contributed by atoms with E-state index in [9.17, 15) is 36.6 Å². The number of ether oxygens (including phenoxy) is 1. The van der Waals surface area contributed by atoms with Gasteiger partial charge in [0, 0.05) is 29.6 Å². The molecule has 3 aromatic rings. The smallest absolute Gasteiger partial charge is 0.434 e. The van der Waals surface area contributed by atoms with Gasteiger partial charge in [-0.2, -0.15) is 13.2 Å². The number of halogens is 5. The number of aromatic nitrogens is 2. The molecule has 1 aromatic carbocycles. The predicted octanol–water partition coefficient (Wildman–Crippen LogP) is 4.16. The summed E-state index contributed by atoms with van der Waals surface area (Å²) in [5, 5.41) is 10.3. The topological polar surface area (TPSA) is 84.7 Å². The largest absolute Gasteiger partial charge is 0.503 e. The van der Waals surface area contributed by atoms with Crippen LogP contribution in [0.3, 0.4) is 0 Å². The number of carbonyl (C=O) groups excluding carboxylic acids is 1. The number of thiazole rings is 1. The predicted molar refractivity (Wildman–Crippen MR) is 118 cm³/mol. The molecule has 7 nitrogen and oxygen atoms in total. The van der Waals surface area contributed by atoms with Crippen molar-refractivity contribution in [3.63, 3.8) is 0 Å². The van der Waals surface area contributed by atoms with Crippen molar-refractivity contribution in [3.8, 4) is 16.3 Å². The quantitative estimate of drug-likeness (QED) is 0.518. The number of aromatic hydroxyl groups is 1. The molecule has 5 rings (SSSR count). The molecule has 2 aromatic heterocycles. The first-order valence-corrected chi connectivity index (χ1v) is 11.7. The van der Waals surface area contributed by atoms with E-state index in [4.69, 9.17) is 4.74 Å². The number of amides is 1. The normalized spacial score (nSPS) is 19.8. The van der Waals surface area contributed by atoms with Crippen LogP contribution >= 0.6 is 11.3 Å². The molecule has 0 bridgehead atoms. The molecule has 13 heteroatoms. The number of alkyl halides is 3. The van der Waals surface area contributed by atoms with E-state index in [-0.39, 0.29) is 34.4 Å². The highest BCUT2D eigenvalue weighted by Crippen LogP contribution is 2.39. The van der Waals surface area contributed by atoms with Gasteiger partial charge in [-0.05, 0) is 25.0 Å². The minimum Gasteiger partial charge on any atom is -0.503 e. The number of benzene rings is 1. The van der Waals surface area contributed by atoms with Crippen LogP contribution in [-0.2, 0) is 23.9 Å². The molecule has 0 radical (unpaired) electrons. The zero-order valence-corrected chi connectivity index (χ0v) is 19.4. The van der Waals surface area contributed by atoms with E-state index in [0.29, 0.717) is 30.4 Å². The van der Waals surface area contributed by atoms with E-state index >= 15 is 0 Å². The SMILES string of the molecule is C[C@@H]1CCO[C@H]2Cn3cc(-c4nc(C(F)(F)F)c(Cc5ccc(F)cc5F)s4)c(=O)c(O)c3C(=O)N12. The number of hydrogen-bond acceptors (Lipinski definition) is 6. The number of carbonyl (C=O) groups is 1. The summed E-state index contributed by atoms with van der Waals surface area (Å²) in [6, 6.07) is 2.33. The molecule has 2 aliphatic rings. The molecule has 2 atom stereocenters. The van der Waals surface area contributed by atoms with Crippen molar-refractivity contribution in [1.82, 2.24) is 14.5 Å². The van der Waals surface area contributed by atoms with Gasteiger partial charge in [-0.1, -0.05) is 6.07 Å². The molecule has 0 aliphatic carbocycles. The van der Waals surface area contributed by atoms with Crippen LogP contribution in [0.1, 0.15) is 40.0 Å². The summed E-state index contributed by atoms with van der Waals surface area (Å²) in [6.45, 7) is 2.26. The summed E-state index contributed by atoms with van der Waals surface area (Å²) < 4.78 is 75.6. The molecule has 4 heterocycles. The lowest BCUT2D eigenvalue weighted by molar-refractivity contribution is -0.141. The molecule has 36 heavy (non-hydrogen) atoms. The Bertz CT molecular complexity index is 1430. The van der Waals surface area contributed by atoms with E-state index in [0.717, 1.165) is 12.1 Å². The number of pyridine rings is 1. The van der Waals surface area contributed by atoms with Crippen LogP contribution in [0.25, 0.3) is 10.6 Å². The van der Waals surface area contributed by atoms with Gasteiger partial charge in [0.1, 0.15) is 16.6 Å². The molecule has 0 unspecified atom stereocenters. The van der Waals surface area contributed by atoms with E-state index in [2.05, 4.69) is 4.98 Å². The summed E-state index contributed by atoms with van der Waals surface area (Å²) in [5.41, 5.74) is -3.18. The van der Waals surface area contributed by atoms with E-state index < -0.39 is 58.1 Å². The first kappa shape index (κ1) is 24.4. The lowest BCUT2D eigenvalue weighted by atomic mass is 10.1. The van der Waals surface area contributed by atoms with Crippen molar-refractivity contribution in [1.29, 1.82) is 0 Å². The number of fused-ring (bicyclic) bond motifs is 2. The second-order valence-corrected chi connectivity index (χ2v) is 9.68. The van der Waals surface area contributed by atoms with Gasteiger partial charge < -0.3 is 19.3 Å². The first-order chi connectivity index (χ1) is 17.0. The molecule has 0 spiro atoms. The minimum absolute atomic E-state index is 0.0530. The Morgan fingerprint density at radius 2 is 2.00 bits per heavy atom. The highest BCUT2D eigenvalue weighted by Gasteiger charge is 2.42. The molecule has 0 saturated carbocycles. The lowest BCUT2D eigenvalue weighted by Crippen LogP contribution is -2.56. The minimum atomic E-state index is -4.92. The standard InChI is InChI=1S/C23H18F5N3O4S/c1-10-4-5-35-16-9-30-8-13(18(32)19(33)17(30)22(34)31(10)16)21-29-20(23(26,27)28)15(36-21)6-11-2-3-12(24)7-14(11)25/h2-3,7-8,10,16,33H,4-6,9H2,1H3/t10-,16+/m1/s1. The third-order valence-electron chi connectivity index (χ3n) is 6.24. The van der Waals surface area contributed by atoms with Crippen molar-refractivity contribution in [2.24, 2.45) is 0 Å². The van der Waals surface area contributed by atoms with Crippen LogP contribution in [0.5, 0.6) is 5.75 Å². The average Bonchev–Trinajstić information content (AvgIpc) is 3.22. The Balaban J connectivity index is 1.61. The molecule has 1 N–H and O–H groups in total. The van der Waals surface area contributed by atoms with Gasteiger partial charge in [0.05, 0.1) is 18.7 Å². The molecule has 190 valence electrons. The van der Waals surface area contributed by atoms with Crippen molar-refractivity contribution in [2.75, 3.05) is 6.61 Å². The van der Waals surface area contributed by atoms with Crippen LogP contribution < -0.4 is 5.43 Å². The third-order valence-corrected chi connectivity index (χ3v) is 7.33. The van der Waals surface area contributed by atoms with E-state index in [1.54, 1.807) is 0 Å². The van der Waals surface area contributed by atoms with Crippen molar-refractivity contribution in [3.05, 3.63) is 68.1 Å². The summed E-state index contributed by atoms with van der Waals surface area (Å²) >= 11 is 0.502. The van der Waals surface area contributed by atoms with Gasteiger partial charge in [0.25, 0.3) is 5.91 Å². The fraction of sp³-hybridized carbons (Fsp3) is 0.348. The van der Waals surface area contributed by atoms with Crippen molar-refractivity contribution in [2.45, 2.75) is 44.8 Å². The van der Waals surface area contributed by atoms with Gasteiger partial charge in [0.15, 0.2) is 23.4 Å². The van der Waals surface area contributed by atoms with Crippen LogP contribution in [0.2, 0.25) is 0 Å². The second kappa shape index (κ2) is 8.66. The second-order valence-electron chi connectivity index (χ2n) is 8.60. The summed E-state index contributed by atoms with van der Waals surface area (Å²) in [6.07, 6.45) is -4.38. The van der Waals surface area contributed by atoms with Crippen LogP contribution in [0.15, 0.2) is 29.2 Å². The maximum absolute atomic E-state index is 14.1. The molecule has 2 aliphatic heterocycles. The van der Waals surface area contributed by atoms with Gasteiger partial charge in [-0.25, -0.2) is 13.8 Å². The lowest BCUT2D eigenvalue weighted by Gasteiger charge is -2.44. The van der Waals surface area contributed by atoms with Gasteiger partial charge >= 0.3 is 6.18 Å². The highest BCUT2D eigenvalue weighted by atomic mass is 32.1. The fourth-order valence-electron chi connectivity index (χ4n) is 4.46. The highest BCUT2D eigenvalue weighted by molar-refractivity contribution is 7.15. The molecule has 1 saturated heterocycles. The van der Waals surface area contributed by atoms with Crippen LogP contribution in [0, 0.1) is 11.6 Å². The Morgan fingerprint density at radius 3 is 2.69 bits per heavy atom. The molecule has 1 fully saturated rings. The zero-order chi connectivity index (χ0) is 25.9. The average molecular weight is 527 g/mol. The molecular formula is C23H18F5N3O4S. The Hall–Kier alpha value is -3.32. The van der Waals surface area contributed by atoms with Gasteiger partial charge in [-0.3, -0.25) is 9.59 Å². The van der Waals surface area contributed by atoms with Gasteiger partial charge in [-0.15, -0.1) is 11.3 Å². The van der Waals surface area contributed by atoms with Crippen LogP contribution in [-0.4, -0.2) is 44.3 Å². The summed E-state index contributed by atoms with van der Waals surface area (Å²) in [5.74, 6) is -3.42. The zero-order valence-electron chi connectivity index (χ0n) is 18.6. The number of hydrogen-bond donors (Lipinski definition) is 1. The number of nitrogens with zero attached hydrogens (tertiary/aromatic N) is 3. The number of rotatable bonds is 3. The Labute approximate surface area is 204 Å². The monoisotopic (exact) mass is 527 g/mol. The summed E-state index contributed by atoms with van der Waals surface area (Å²) in [7, 11) is 0. The summed E-state index contributed by atoms with van der Waals surface area (Å²) in [4.78, 5) is 30.6. The van der Waals surface area contributed by atoms with Crippen LogP contribution in [0.4, 0.5) is 22.0 Å². The molecular weight excluding hydrogens is 509 g/mol. The Morgan fingerprint density at radius 1 is 1.25 bits per heavy atom. The van der Waals surface area contributed by atoms with E-state index in [1.807, 2.05) is 6.92 Å².